The standard InChI is InChI=1S/C20H25N3O3S/c24-20(21-13-15-10-12-27(25,26)14-15)18-17-9-5-2-6-11-23(17)19(22-18)16-7-3-1-4-8-16/h1,3-4,7-8,15H,2,5-6,9-14H2,(H,21,24)/t15-/m1/s1. The molecule has 7 heteroatoms. The molecule has 2 aliphatic heterocycles. The Morgan fingerprint density at radius 3 is 2.74 bits per heavy atom. The smallest absolute Gasteiger partial charge is 0.271 e. The van der Waals surface area contributed by atoms with E-state index < -0.39 is 9.84 Å². The summed E-state index contributed by atoms with van der Waals surface area (Å²) >= 11 is 0. The first kappa shape index (κ1) is 18.2. The quantitative estimate of drug-likeness (QED) is 0.874. The van der Waals surface area contributed by atoms with Gasteiger partial charge in [0.25, 0.3) is 5.91 Å². The average molecular weight is 388 g/mol. The van der Waals surface area contributed by atoms with E-state index in [0.717, 1.165) is 49.3 Å². The van der Waals surface area contributed by atoms with Crippen molar-refractivity contribution in [3.05, 3.63) is 41.7 Å². The summed E-state index contributed by atoms with van der Waals surface area (Å²) in [4.78, 5) is 17.6. The molecule has 6 nitrogen and oxygen atoms in total. The maximum atomic E-state index is 12.9. The third-order valence-corrected chi connectivity index (χ3v) is 7.33. The van der Waals surface area contributed by atoms with Gasteiger partial charge in [-0.1, -0.05) is 36.8 Å². The van der Waals surface area contributed by atoms with Crippen LogP contribution in [0.4, 0.5) is 0 Å². The first-order valence-electron chi connectivity index (χ1n) is 9.67. The molecule has 1 N–H and O–H groups in total. The van der Waals surface area contributed by atoms with E-state index in [4.69, 9.17) is 4.98 Å². The highest BCUT2D eigenvalue weighted by atomic mass is 32.2. The van der Waals surface area contributed by atoms with E-state index >= 15 is 0 Å². The molecule has 3 heterocycles. The summed E-state index contributed by atoms with van der Waals surface area (Å²) in [6, 6.07) is 9.97. The lowest BCUT2D eigenvalue weighted by atomic mass is 10.1. The van der Waals surface area contributed by atoms with E-state index in [1.165, 1.54) is 0 Å². The maximum Gasteiger partial charge on any atom is 0.271 e. The molecule has 144 valence electrons. The van der Waals surface area contributed by atoms with Gasteiger partial charge in [-0.25, -0.2) is 13.4 Å². The van der Waals surface area contributed by atoms with Gasteiger partial charge in [0.1, 0.15) is 11.5 Å². The summed E-state index contributed by atoms with van der Waals surface area (Å²) < 4.78 is 25.4. The second-order valence-electron chi connectivity index (χ2n) is 7.54. The van der Waals surface area contributed by atoms with Crippen molar-refractivity contribution in [2.24, 2.45) is 5.92 Å². The maximum absolute atomic E-state index is 12.9. The van der Waals surface area contributed by atoms with Crippen LogP contribution in [-0.4, -0.2) is 41.9 Å². The molecule has 0 bridgehead atoms. The van der Waals surface area contributed by atoms with Gasteiger partial charge in [0.2, 0.25) is 0 Å². The molecular formula is C20H25N3O3S. The molecule has 0 aliphatic carbocycles. The van der Waals surface area contributed by atoms with E-state index in [2.05, 4.69) is 9.88 Å². The van der Waals surface area contributed by atoms with E-state index in [0.29, 0.717) is 18.7 Å². The molecule has 1 aromatic heterocycles. The van der Waals surface area contributed by atoms with Gasteiger partial charge in [0.15, 0.2) is 9.84 Å². The summed E-state index contributed by atoms with van der Waals surface area (Å²) in [5.41, 5.74) is 2.51. The Morgan fingerprint density at radius 1 is 1.19 bits per heavy atom. The number of carbonyl (C=O) groups excluding carboxylic acids is 1. The van der Waals surface area contributed by atoms with Gasteiger partial charge in [0.05, 0.1) is 17.2 Å². The van der Waals surface area contributed by atoms with Crippen molar-refractivity contribution < 1.29 is 13.2 Å². The van der Waals surface area contributed by atoms with Gasteiger partial charge in [-0.15, -0.1) is 0 Å². The number of imidazole rings is 1. The Balaban J connectivity index is 1.58. The van der Waals surface area contributed by atoms with Crippen LogP contribution in [0.1, 0.15) is 41.9 Å². The second kappa shape index (κ2) is 7.46. The minimum atomic E-state index is -2.93. The average Bonchev–Trinajstić information content (AvgIpc) is 3.10. The lowest BCUT2D eigenvalue weighted by Crippen LogP contribution is -2.30. The molecule has 2 aromatic rings. The van der Waals surface area contributed by atoms with Crippen molar-refractivity contribution in [3.63, 3.8) is 0 Å². The lowest BCUT2D eigenvalue weighted by molar-refractivity contribution is 0.0942. The van der Waals surface area contributed by atoms with Gasteiger partial charge in [-0.2, -0.15) is 0 Å². The monoisotopic (exact) mass is 387 g/mol. The molecule has 2 aliphatic rings. The molecule has 0 unspecified atom stereocenters. The first-order valence-corrected chi connectivity index (χ1v) is 11.5. The first-order chi connectivity index (χ1) is 13.0. The van der Waals surface area contributed by atoms with Crippen LogP contribution in [0, 0.1) is 5.92 Å². The van der Waals surface area contributed by atoms with Gasteiger partial charge in [0, 0.05) is 18.7 Å². The van der Waals surface area contributed by atoms with Crippen molar-refractivity contribution in [3.8, 4) is 11.4 Å². The molecule has 1 atom stereocenters. The van der Waals surface area contributed by atoms with Crippen LogP contribution < -0.4 is 5.32 Å². The van der Waals surface area contributed by atoms with Gasteiger partial charge < -0.3 is 9.88 Å². The predicted molar refractivity (Wildman–Crippen MR) is 104 cm³/mol. The van der Waals surface area contributed by atoms with Crippen molar-refractivity contribution in [2.75, 3.05) is 18.1 Å². The predicted octanol–water partition coefficient (Wildman–Crippen LogP) is 2.44. The molecule has 1 aromatic carbocycles. The van der Waals surface area contributed by atoms with Gasteiger partial charge in [-0.3, -0.25) is 4.79 Å². The number of aromatic nitrogens is 2. The van der Waals surface area contributed by atoms with Crippen molar-refractivity contribution in [2.45, 2.75) is 38.6 Å². The van der Waals surface area contributed by atoms with Crippen molar-refractivity contribution in [1.82, 2.24) is 14.9 Å². The van der Waals surface area contributed by atoms with E-state index in [1.54, 1.807) is 0 Å². The molecule has 4 rings (SSSR count). The summed E-state index contributed by atoms with van der Waals surface area (Å²) in [5, 5.41) is 2.93. The van der Waals surface area contributed by atoms with Crippen LogP contribution in [-0.2, 0) is 22.8 Å². The van der Waals surface area contributed by atoms with Crippen LogP contribution in [0.5, 0.6) is 0 Å². The summed E-state index contributed by atoms with van der Waals surface area (Å²) in [6.07, 6.45) is 4.77. The summed E-state index contributed by atoms with van der Waals surface area (Å²) in [6.45, 7) is 1.27. The van der Waals surface area contributed by atoms with Crippen LogP contribution in [0.15, 0.2) is 30.3 Å². The fourth-order valence-corrected chi connectivity index (χ4v) is 5.92. The number of amides is 1. The highest BCUT2D eigenvalue weighted by molar-refractivity contribution is 7.91. The summed E-state index contributed by atoms with van der Waals surface area (Å²) in [7, 11) is -2.93. The number of fused-ring (bicyclic) bond motifs is 1. The SMILES string of the molecule is O=C(NC[C@H]1CCS(=O)(=O)C1)c1nc(-c2ccccc2)n2c1CCCCC2. The zero-order chi connectivity index (χ0) is 18.9. The molecule has 1 fully saturated rings. The Hall–Kier alpha value is -2.15. The zero-order valence-corrected chi connectivity index (χ0v) is 16.2. The van der Waals surface area contributed by atoms with Crippen molar-refractivity contribution in [1.29, 1.82) is 0 Å². The molecule has 0 spiro atoms. The minimum absolute atomic E-state index is 0.00811. The minimum Gasteiger partial charge on any atom is -0.350 e. The fraction of sp³-hybridized carbons (Fsp3) is 0.500. The zero-order valence-electron chi connectivity index (χ0n) is 15.4. The molecule has 0 saturated carbocycles. The number of nitrogens with one attached hydrogen (secondary N) is 1. The van der Waals surface area contributed by atoms with Crippen molar-refractivity contribution >= 4 is 15.7 Å². The highest BCUT2D eigenvalue weighted by Gasteiger charge is 2.29. The number of carbonyl (C=O) groups is 1. The third-order valence-electron chi connectivity index (χ3n) is 5.49. The van der Waals surface area contributed by atoms with Crippen LogP contribution in [0.3, 0.4) is 0 Å². The summed E-state index contributed by atoms with van der Waals surface area (Å²) in [5.74, 6) is 1.07. The van der Waals surface area contributed by atoms with E-state index in [9.17, 15) is 13.2 Å². The van der Waals surface area contributed by atoms with Gasteiger partial charge in [-0.05, 0) is 31.6 Å². The largest absolute Gasteiger partial charge is 0.350 e. The Kier molecular flexibility index (Phi) is 5.04. The number of rotatable bonds is 4. The molecule has 1 amide bonds. The lowest BCUT2D eigenvalue weighted by Gasteiger charge is -2.10. The Labute approximate surface area is 159 Å². The molecule has 1 saturated heterocycles. The number of nitrogens with zero attached hydrogens (tertiary/aromatic N) is 2. The molecule has 27 heavy (non-hydrogen) atoms. The number of hydrogen-bond donors (Lipinski definition) is 1. The van der Waals surface area contributed by atoms with Gasteiger partial charge >= 0.3 is 0 Å². The third kappa shape index (κ3) is 3.93. The number of benzene rings is 1. The molecular weight excluding hydrogens is 362 g/mol. The fourth-order valence-electron chi connectivity index (χ4n) is 4.06. The normalized spacial score (nSPS) is 21.4. The van der Waals surface area contributed by atoms with E-state index in [-0.39, 0.29) is 23.3 Å². The highest BCUT2D eigenvalue weighted by Crippen LogP contribution is 2.27. The second-order valence-corrected chi connectivity index (χ2v) is 9.77. The number of hydrogen-bond acceptors (Lipinski definition) is 4. The van der Waals surface area contributed by atoms with Crippen LogP contribution in [0.2, 0.25) is 0 Å². The van der Waals surface area contributed by atoms with Crippen LogP contribution in [0.25, 0.3) is 11.4 Å². The topological polar surface area (TPSA) is 81.1 Å². The van der Waals surface area contributed by atoms with Crippen LogP contribution >= 0.6 is 0 Å². The number of sulfone groups is 1. The Bertz CT molecular complexity index is 935. The molecule has 0 radical (unpaired) electrons. The van der Waals surface area contributed by atoms with E-state index in [1.807, 2.05) is 30.3 Å². The Morgan fingerprint density at radius 2 is 2.00 bits per heavy atom.